The normalized spacial score (nSPS) is 11.0. The lowest BCUT2D eigenvalue weighted by Gasteiger charge is -2.05. The molecule has 0 aliphatic rings. The maximum Gasteiger partial charge on any atom is 0.163 e. The van der Waals surface area contributed by atoms with Crippen molar-refractivity contribution in [2.75, 3.05) is 14.2 Å². The summed E-state index contributed by atoms with van der Waals surface area (Å²) in [4.78, 5) is 23.9. The van der Waals surface area contributed by atoms with Gasteiger partial charge < -0.3 is 19.7 Å². The van der Waals surface area contributed by atoms with Crippen molar-refractivity contribution < 1.29 is 29.3 Å². The van der Waals surface area contributed by atoms with Gasteiger partial charge in [-0.3, -0.25) is 9.59 Å². The molecule has 2 aromatic carbocycles. The number of methoxy groups -OCH3 is 2. The van der Waals surface area contributed by atoms with Crippen LogP contribution in [0.25, 0.3) is 12.2 Å². The topological polar surface area (TPSA) is 93.1 Å². The van der Waals surface area contributed by atoms with Crippen LogP contribution in [0, 0.1) is 0 Å². The van der Waals surface area contributed by atoms with Crippen molar-refractivity contribution in [2.24, 2.45) is 0 Å². The maximum absolute atomic E-state index is 12.0. The molecule has 2 N–H and O–H groups in total. The number of ether oxygens (including phenoxy) is 2. The Labute approximate surface area is 157 Å². The molecule has 0 fully saturated rings. The largest absolute Gasteiger partial charge is 0.507 e. The lowest BCUT2D eigenvalue weighted by molar-refractivity contribution is -0.121. The highest BCUT2D eigenvalue weighted by Gasteiger charge is 2.08. The van der Waals surface area contributed by atoms with Crippen LogP contribution in [0.1, 0.15) is 17.5 Å². The van der Waals surface area contributed by atoms with E-state index >= 15 is 0 Å². The van der Waals surface area contributed by atoms with E-state index in [1.807, 2.05) is 0 Å². The van der Waals surface area contributed by atoms with Gasteiger partial charge in [-0.05, 0) is 48.1 Å². The summed E-state index contributed by atoms with van der Waals surface area (Å²) in [6.45, 7) is 0. The van der Waals surface area contributed by atoms with Crippen LogP contribution in [-0.4, -0.2) is 36.0 Å². The van der Waals surface area contributed by atoms with Crippen LogP contribution in [0.15, 0.2) is 48.6 Å². The molecule has 0 saturated carbocycles. The molecule has 0 unspecified atom stereocenters. The van der Waals surface area contributed by atoms with Crippen molar-refractivity contribution in [3.8, 4) is 23.0 Å². The molecule has 0 aromatic heterocycles. The Morgan fingerprint density at radius 2 is 1.56 bits per heavy atom. The molecule has 2 aromatic rings. The van der Waals surface area contributed by atoms with E-state index in [9.17, 15) is 19.8 Å². The van der Waals surface area contributed by atoms with E-state index in [-0.39, 0.29) is 23.7 Å². The summed E-state index contributed by atoms with van der Waals surface area (Å²) < 4.78 is 10.1. The first kappa shape index (κ1) is 19.8. The van der Waals surface area contributed by atoms with Crippen molar-refractivity contribution in [3.05, 3.63) is 59.7 Å². The average molecular weight is 368 g/mol. The second-order valence-corrected chi connectivity index (χ2v) is 5.60. The SMILES string of the molecule is COc1cc(C=CC(=O)CC(=O)C=Cc2c(O)cccc2OC)ccc1O. The number of ketones is 2. The number of phenolic OH excluding ortho intramolecular Hbond substituents is 2. The van der Waals surface area contributed by atoms with Crippen LogP contribution in [0.2, 0.25) is 0 Å². The molecule has 0 saturated heterocycles. The average Bonchev–Trinajstić information content (AvgIpc) is 2.66. The third kappa shape index (κ3) is 5.47. The molecule has 6 heteroatoms. The summed E-state index contributed by atoms with van der Waals surface area (Å²) in [5.41, 5.74) is 1.02. The second kappa shape index (κ2) is 9.24. The van der Waals surface area contributed by atoms with Crippen LogP contribution in [-0.2, 0) is 9.59 Å². The van der Waals surface area contributed by atoms with Crippen molar-refractivity contribution in [1.82, 2.24) is 0 Å². The Morgan fingerprint density at radius 3 is 2.22 bits per heavy atom. The fourth-order valence-corrected chi connectivity index (χ4v) is 2.33. The maximum atomic E-state index is 12.0. The van der Waals surface area contributed by atoms with Crippen molar-refractivity contribution >= 4 is 23.7 Å². The van der Waals surface area contributed by atoms with E-state index < -0.39 is 5.78 Å². The molecular formula is C21H20O6. The van der Waals surface area contributed by atoms with Gasteiger partial charge in [0.1, 0.15) is 11.5 Å². The van der Waals surface area contributed by atoms with E-state index in [2.05, 4.69) is 0 Å². The number of hydrogen-bond acceptors (Lipinski definition) is 6. The summed E-state index contributed by atoms with van der Waals surface area (Å²) in [5, 5.41) is 19.4. The molecule has 0 aliphatic heterocycles. The van der Waals surface area contributed by atoms with Crippen LogP contribution < -0.4 is 9.47 Å². The molecule has 0 bridgehead atoms. The predicted molar refractivity (Wildman–Crippen MR) is 102 cm³/mol. The fraction of sp³-hybridized carbons (Fsp3) is 0.143. The van der Waals surface area contributed by atoms with Crippen LogP contribution in [0.3, 0.4) is 0 Å². The third-order valence-electron chi connectivity index (χ3n) is 3.71. The smallest absolute Gasteiger partial charge is 0.163 e. The van der Waals surface area contributed by atoms with Crippen molar-refractivity contribution in [1.29, 1.82) is 0 Å². The van der Waals surface area contributed by atoms with Gasteiger partial charge in [-0.2, -0.15) is 0 Å². The molecule has 0 aliphatic carbocycles. The zero-order chi connectivity index (χ0) is 19.8. The number of carbonyl (C=O) groups excluding carboxylic acids is 2. The first-order valence-electron chi connectivity index (χ1n) is 8.09. The zero-order valence-electron chi connectivity index (χ0n) is 15.0. The quantitative estimate of drug-likeness (QED) is 0.548. The highest BCUT2D eigenvalue weighted by atomic mass is 16.5. The van der Waals surface area contributed by atoms with Crippen LogP contribution >= 0.6 is 0 Å². The van der Waals surface area contributed by atoms with Gasteiger partial charge in [0.05, 0.1) is 26.2 Å². The van der Waals surface area contributed by atoms with Crippen molar-refractivity contribution in [3.63, 3.8) is 0 Å². The Bertz CT molecular complexity index is 896. The minimum absolute atomic E-state index is 0.000819. The highest BCUT2D eigenvalue weighted by molar-refractivity contribution is 6.11. The molecule has 6 nitrogen and oxygen atoms in total. The van der Waals surface area contributed by atoms with E-state index in [4.69, 9.17) is 9.47 Å². The Morgan fingerprint density at radius 1 is 0.889 bits per heavy atom. The summed E-state index contributed by atoms with van der Waals surface area (Å²) in [6.07, 6.45) is 5.16. The summed E-state index contributed by atoms with van der Waals surface area (Å²) in [5.74, 6) is -0.0854. The van der Waals surface area contributed by atoms with Gasteiger partial charge >= 0.3 is 0 Å². The minimum atomic E-state index is -0.404. The summed E-state index contributed by atoms with van der Waals surface area (Å²) in [6, 6.07) is 9.41. The molecule has 0 atom stereocenters. The number of phenols is 2. The van der Waals surface area contributed by atoms with E-state index in [0.29, 0.717) is 22.6 Å². The number of benzene rings is 2. The molecule has 0 radical (unpaired) electrons. The molecular weight excluding hydrogens is 348 g/mol. The van der Waals surface area contributed by atoms with Gasteiger partial charge in [0.25, 0.3) is 0 Å². The monoisotopic (exact) mass is 368 g/mol. The Hall–Kier alpha value is -3.54. The van der Waals surface area contributed by atoms with Gasteiger partial charge in [0, 0.05) is 0 Å². The Balaban J connectivity index is 2.01. The Kier molecular flexibility index (Phi) is 6.77. The fourth-order valence-electron chi connectivity index (χ4n) is 2.33. The van der Waals surface area contributed by atoms with Gasteiger partial charge in [-0.25, -0.2) is 0 Å². The molecule has 140 valence electrons. The number of aromatic hydroxyl groups is 2. The number of allylic oxidation sites excluding steroid dienone is 2. The van der Waals surface area contributed by atoms with Crippen LogP contribution in [0.4, 0.5) is 0 Å². The molecule has 2 rings (SSSR count). The van der Waals surface area contributed by atoms with E-state index in [0.717, 1.165) is 0 Å². The van der Waals surface area contributed by atoms with Gasteiger partial charge in [-0.15, -0.1) is 0 Å². The summed E-state index contributed by atoms with van der Waals surface area (Å²) in [7, 11) is 2.89. The van der Waals surface area contributed by atoms with Crippen LogP contribution in [0.5, 0.6) is 23.0 Å². The lowest BCUT2D eigenvalue weighted by Crippen LogP contribution is -2.02. The van der Waals surface area contributed by atoms with E-state index in [1.165, 1.54) is 50.7 Å². The predicted octanol–water partition coefficient (Wildman–Crippen LogP) is 3.37. The summed E-state index contributed by atoms with van der Waals surface area (Å²) >= 11 is 0. The van der Waals surface area contributed by atoms with Gasteiger partial charge in [-0.1, -0.05) is 18.2 Å². The molecule has 0 heterocycles. The number of hydrogen-bond donors (Lipinski definition) is 2. The molecule has 27 heavy (non-hydrogen) atoms. The number of carbonyl (C=O) groups is 2. The van der Waals surface area contributed by atoms with Gasteiger partial charge in [0.2, 0.25) is 0 Å². The molecule has 0 amide bonds. The lowest BCUT2D eigenvalue weighted by atomic mass is 10.1. The highest BCUT2D eigenvalue weighted by Crippen LogP contribution is 2.28. The van der Waals surface area contributed by atoms with E-state index in [1.54, 1.807) is 24.3 Å². The van der Waals surface area contributed by atoms with Gasteiger partial charge in [0.15, 0.2) is 23.1 Å². The van der Waals surface area contributed by atoms with Crippen molar-refractivity contribution in [2.45, 2.75) is 6.42 Å². The third-order valence-corrected chi connectivity index (χ3v) is 3.71. The standard InChI is InChI=1S/C21H20O6/c1-26-20-5-3-4-18(24)17(20)10-9-16(23)13-15(22)8-6-14-7-11-19(25)21(12-14)27-2/h3-12,24-25H,13H2,1-2H3. The zero-order valence-corrected chi connectivity index (χ0v) is 15.0. The first-order valence-corrected chi connectivity index (χ1v) is 8.09. The number of rotatable bonds is 8. The molecule has 0 spiro atoms. The first-order chi connectivity index (χ1) is 12.9. The minimum Gasteiger partial charge on any atom is -0.507 e. The second-order valence-electron chi connectivity index (χ2n) is 5.60.